The van der Waals surface area contributed by atoms with Gasteiger partial charge in [0.2, 0.25) is 5.91 Å². The number of allylic oxidation sites excluding steroid dienone is 1. The predicted octanol–water partition coefficient (Wildman–Crippen LogP) is 1.98. The average molecular weight is 212 g/mol. The van der Waals surface area contributed by atoms with Gasteiger partial charge in [-0.2, -0.15) is 0 Å². The van der Waals surface area contributed by atoms with Crippen molar-refractivity contribution in [1.29, 1.82) is 0 Å². The van der Waals surface area contributed by atoms with Crippen molar-refractivity contribution in [2.45, 2.75) is 52.5 Å². The molecule has 0 aliphatic heterocycles. The summed E-state index contributed by atoms with van der Waals surface area (Å²) in [4.78, 5) is 11.6. The van der Waals surface area contributed by atoms with Gasteiger partial charge in [0.15, 0.2) is 0 Å². The van der Waals surface area contributed by atoms with Gasteiger partial charge in [-0.1, -0.05) is 26.8 Å². The van der Waals surface area contributed by atoms with Crippen molar-refractivity contribution < 1.29 is 4.79 Å². The van der Waals surface area contributed by atoms with Gasteiger partial charge in [0, 0.05) is 17.7 Å². The third-order valence-electron chi connectivity index (χ3n) is 2.88. The van der Waals surface area contributed by atoms with E-state index in [4.69, 9.17) is 5.73 Å². The zero-order valence-electron chi connectivity index (χ0n) is 10.4. The van der Waals surface area contributed by atoms with Crippen molar-refractivity contribution in [3.63, 3.8) is 0 Å². The van der Waals surface area contributed by atoms with Crippen LogP contribution in [0.2, 0.25) is 0 Å². The standard InChI is InChI=1S/C12H24N2O/c1-5-8-10(4)11(15)14-9-12(13,6-2)7-3/h8H,5-7,9,13H2,1-4H3,(H,14,15)/b10-8-. The van der Waals surface area contributed by atoms with E-state index in [0.717, 1.165) is 24.8 Å². The molecule has 0 aliphatic rings. The Morgan fingerprint density at radius 2 is 1.87 bits per heavy atom. The van der Waals surface area contributed by atoms with E-state index in [2.05, 4.69) is 5.32 Å². The molecule has 3 heteroatoms. The molecule has 0 bridgehead atoms. The largest absolute Gasteiger partial charge is 0.350 e. The molecule has 15 heavy (non-hydrogen) atoms. The van der Waals surface area contributed by atoms with E-state index in [0.29, 0.717) is 6.54 Å². The highest BCUT2D eigenvalue weighted by atomic mass is 16.1. The molecule has 0 unspecified atom stereocenters. The summed E-state index contributed by atoms with van der Waals surface area (Å²) in [5, 5.41) is 2.88. The van der Waals surface area contributed by atoms with Crippen LogP contribution < -0.4 is 11.1 Å². The maximum absolute atomic E-state index is 11.6. The van der Waals surface area contributed by atoms with Gasteiger partial charge in [-0.15, -0.1) is 0 Å². The van der Waals surface area contributed by atoms with E-state index in [1.165, 1.54) is 0 Å². The number of nitrogens with one attached hydrogen (secondary N) is 1. The number of nitrogens with two attached hydrogens (primary N) is 1. The number of hydrogen-bond donors (Lipinski definition) is 2. The Labute approximate surface area is 93.1 Å². The Hall–Kier alpha value is -0.830. The number of hydrogen-bond acceptors (Lipinski definition) is 2. The fourth-order valence-corrected chi connectivity index (χ4v) is 1.29. The summed E-state index contributed by atoms with van der Waals surface area (Å²) in [6.07, 6.45) is 4.56. The minimum absolute atomic E-state index is 0.00595. The Kier molecular flexibility index (Phi) is 6.25. The predicted molar refractivity (Wildman–Crippen MR) is 64.6 cm³/mol. The molecule has 1 amide bonds. The van der Waals surface area contributed by atoms with Gasteiger partial charge in [0.1, 0.15) is 0 Å². The van der Waals surface area contributed by atoms with Crippen LogP contribution in [0.25, 0.3) is 0 Å². The minimum atomic E-state index is -0.262. The third-order valence-corrected chi connectivity index (χ3v) is 2.88. The summed E-state index contributed by atoms with van der Waals surface area (Å²) in [5.41, 5.74) is 6.59. The number of rotatable bonds is 6. The molecule has 0 aromatic heterocycles. The van der Waals surface area contributed by atoms with Crippen LogP contribution in [-0.4, -0.2) is 18.0 Å². The first-order valence-corrected chi connectivity index (χ1v) is 5.73. The first-order valence-electron chi connectivity index (χ1n) is 5.73. The summed E-state index contributed by atoms with van der Waals surface area (Å²) in [7, 11) is 0. The molecule has 0 fully saturated rings. The second-order valence-electron chi connectivity index (χ2n) is 4.05. The van der Waals surface area contributed by atoms with E-state index >= 15 is 0 Å². The second kappa shape index (κ2) is 6.62. The van der Waals surface area contributed by atoms with E-state index in [9.17, 15) is 4.79 Å². The number of amides is 1. The molecular formula is C12H24N2O. The lowest BCUT2D eigenvalue weighted by atomic mass is 9.94. The Bertz CT molecular complexity index is 230. The Balaban J connectivity index is 4.16. The smallest absolute Gasteiger partial charge is 0.246 e. The highest BCUT2D eigenvalue weighted by molar-refractivity contribution is 5.92. The van der Waals surface area contributed by atoms with E-state index < -0.39 is 0 Å². The van der Waals surface area contributed by atoms with Gasteiger partial charge in [-0.3, -0.25) is 4.79 Å². The van der Waals surface area contributed by atoms with E-state index in [-0.39, 0.29) is 11.4 Å². The highest BCUT2D eigenvalue weighted by Gasteiger charge is 2.20. The molecule has 0 spiro atoms. The first-order chi connectivity index (χ1) is 6.99. The van der Waals surface area contributed by atoms with Crippen molar-refractivity contribution >= 4 is 5.91 Å². The fraction of sp³-hybridized carbons (Fsp3) is 0.750. The van der Waals surface area contributed by atoms with Gasteiger partial charge in [0.25, 0.3) is 0 Å². The van der Waals surface area contributed by atoms with Crippen LogP contribution in [0.3, 0.4) is 0 Å². The normalized spacial score (nSPS) is 12.7. The Morgan fingerprint density at radius 1 is 1.33 bits per heavy atom. The van der Waals surface area contributed by atoms with Crippen molar-refractivity contribution in [2.24, 2.45) is 5.73 Å². The lowest BCUT2D eigenvalue weighted by molar-refractivity contribution is -0.117. The molecule has 0 saturated carbocycles. The maximum atomic E-state index is 11.6. The molecule has 0 aromatic carbocycles. The monoisotopic (exact) mass is 212 g/mol. The quantitative estimate of drug-likeness (QED) is 0.661. The summed E-state index contributed by atoms with van der Waals surface area (Å²) >= 11 is 0. The van der Waals surface area contributed by atoms with Crippen LogP contribution in [0.15, 0.2) is 11.6 Å². The average Bonchev–Trinajstić information content (AvgIpc) is 2.25. The summed E-state index contributed by atoms with van der Waals surface area (Å²) in [6, 6.07) is 0. The van der Waals surface area contributed by atoms with Crippen LogP contribution in [0.4, 0.5) is 0 Å². The van der Waals surface area contributed by atoms with E-state index in [1.807, 2.05) is 33.8 Å². The van der Waals surface area contributed by atoms with Gasteiger partial charge in [0.05, 0.1) is 0 Å². The highest BCUT2D eigenvalue weighted by Crippen LogP contribution is 2.09. The second-order valence-corrected chi connectivity index (χ2v) is 4.05. The topological polar surface area (TPSA) is 55.1 Å². The third kappa shape index (κ3) is 4.98. The molecule has 0 atom stereocenters. The molecule has 88 valence electrons. The molecular weight excluding hydrogens is 188 g/mol. The maximum Gasteiger partial charge on any atom is 0.246 e. The van der Waals surface area contributed by atoms with Gasteiger partial charge < -0.3 is 11.1 Å². The van der Waals surface area contributed by atoms with Gasteiger partial charge in [-0.25, -0.2) is 0 Å². The number of carbonyl (C=O) groups excluding carboxylic acids is 1. The molecule has 3 N–H and O–H groups in total. The summed E-state index contributed by atoms with van der Waals surface area (Å²) in [6.45, 7) is 8.49. The van der Waals surface area contributed by atoms with Crippen LogP contribution in [0, 0.1) is 0 Å². The zero-order chi connectivity index (χ0) is 11.9. The van der Waals surface area contributed by atoms with Crippen LogP contribution in [0.1, 0.15) is 47.0 Å². The van der Waals surface area contributed by atoms with Crippen LogP contribution >= 0.6 is 0 Å². The summed E-state index contributed by atoms with van der Waals surface area (Å²) in [5.74, 6) is -0.00595. The van der Waals surface area contributed by atoms with Crippen molar-refractivity contribution in [3.05, 3.63) is 11.6 Å². The summed E-state index contributed by atoms with van der Waals surface area (Å²) < 4.78 is 0. The molecule has 0 heterocycles. The molecule has 0 aromatic rings. The SMILES string of the molecule is CC/C=C(/C)C(=O)NCC(N)(CC)CC. The molecule has 3 nitrogen and oxygen atoms in total. The van der Waals surface area contributed by atoms with Crippen LogP contribution in [-0.2, 0) is 4.79 Å². The molecule has 0 radical (unpaired) electrons. The molecule has 0 saturated heterocycles. The zero-order valence-corrected chi connectivity index (χ0v) is 10.4. The number of carbonyl (C=O) groups is 1. The lowest BCUT2D eigenvalue weighted by Gasteiger charge is -2.26. The van der Waals surface area contributed by atoms with Crippen molar-refractivity contribution in [2.75, 3.05) is 6.54 Å². The van der Waals surface area contributed by atoms with Crippen LogP contribution in [0.5, 0.6) is 0 Å². The van der Waals surface area contributed by atoms with Gasteiger partial charge in [-0.05, 0) is 26.2 Å². The first kappa shape index (κ1) is 14.2. The van der Waals surface area contributed by atoms with E-state index in [1.54, 1.807) is 0 Å². The molecule has 0 aliphatic carbocycles. The van der Waals surface area contributed by atoms with Crippen molar-refractivity contribution in [1.82, 2.24) is 5.32 Å². The van der Waals surface area contributed by atoms with Crippen molar-refractivity contribution in [3.8, 4) is 0 Å². The Morgan fingerprint density at radius 3 is 2.27 bits per heavy atom. The fourth-order valence-electron chi connectivity index (χ4n) is 1.29. The van der Waals surface area contributed by atoms with Gasteiger partial charge >= 0.3 is 0 Å². The minimum Gasteiger partial charge on any atom is -0.350 e. The lowest BCUT2D eigenvalue weighted by Crippen LogP contribution is -2.49. The molecule has 0 rings (SSSR count).